The molecule has 4 rings (SSSR count). The maximum Gasteiger partial charge on any atom is 0.124 e. The van der Waals surface area contributed by atoms with Crippen LogP contribution in [0.1, 0.15) is 11.3 Å². The molecule has 146 valence electrons. The van der Waals surface area contributed by atoms with Crippen molar-refractivity contribution in [3.05, 3.63) is 81.7 Å². The van der Waals surface area contributed by atoms with Gasteiger partial charge in [-0.25, -0.2) is 9.37 Å². The van der Waals surface area contributed by atoms with Gasteiger partial charge in [0.25, 0.3) is 0 Å². The highest BCUT2D eigenvalue weighted by atomic mass is 35.5. The van der Waals surface area contributed by atoms with Gasteiger partial charge in [-0.1, -0.05) is 41.0 Å². The summed E-state index contributed by atoms with van der Waals surface area (Å²) in [6, 6.07) is 15.7. The zero-order valence-electron chi connectivity index (χ0n) is 15.2. The normalized spacial score (nSPS) is 11.0. The monoisotopic (exact) mass is 461 g/mol. The number of nitrogens with zero attached hydrogens (tertiary/aromatic N) is 3. The number of benzene rings is 2. The number of thiazole rings is 1. The van der Waals surface area contributed by atoms with Crippen LogP contribution < -0.4 is 0 Å². The van der Waals surface area contributed by atoms with Gasteiger partial charge in [0.2, 0.25) is 0 Å². The SMILES string of the molecule is Cc1nc(-c2ccc(F)cc2)sc1-c1ccc(SCc2ccc(Cl)cc2Cl)nn1. The molecule has 0 aliphatic heterocycles. The van der Waals surface area contributed by atoms with Gasteiger partial charge in [-0.05, 0) is 61.0 Å². The van der Waals surface area contributed by atoms with Crippen LogP contribution in [0.15, 0.2) is 59.6 Å². The van der Waals surface area contributed by atoms with Crippen LogP contribution in [-0.4, -0.2) is 15.2 Å². The molecule has 0 fully saturated rings. The summed E-state index contributed by atoms with van der Waals surface area (Å²) in [6.45, 7) is 1.94. The predicted molar refractivity (Wildman–Crippen MR) is 119 cm³/mol. The number of aromatic nitrogens is 3. The van der Waals surface area contributed by atoms with Crippen LogP contribution in [-0.2, 0) is 5.75 Å². The van der Waals surface area contributed by atoms with Gasteiger partial charge >= 0.3 is 0 Å². The van der Waals surface area contributed by atoms with Crippen LogP contribution in [0.5, 0.6) is 0 Å². The summed E-state index contributed by atoms with van der Waals surface area (Å²) in [5.74, 6) is 0.416. The first-order valence-corrected chi connectivity index (χ1v) is 11.2. The number of hydrogen-bond donors (Lipinski definition) is 0. The summed E-state index contributed by atoms with van der Waals surface area (Å²) in [7, 11) is 0. The molecule has 0 bridgehead atoms. The van der Waals surface area contributed by atoms with E-state index < -0.39 is 0 Å². The molecule has 0 radical (unpaired) electrons. The first-order chi connectivity index (χ1) is 14.0. The van der Waals surface area contributed by atoms with E-state index in [2.05, 4.69) is 15.2 Å². The van der Waals surface area contributed by atoms with E-state index in [-0.39, 0.29) is 5.82 Å². The Morgan fingerprint density at radius 1 is 1.00 bits per heavy atom. The first kappa shape index (κ1) is 20.3. The molecular weight excluding hydrogens is 448 g/mol. The van der Waals surface area contributed by atoms with Crippen molar-refractivity contribution in [1.82, 2.24) is 15.2 Å². The van der Waals surface area contributed by atoms with Crippen LogP contribution in [0.25, 0.3) is 21.1 Å². The number of aryl methyl sites for hydroxylation is 1. The smallest absolute Gasteiger partial charge is 0.124 e. The standard InChI is InChI=1S/C21H14Cl2FN3S2/c1-12-20(29-21(25-12)13-3-6-16(24)7-4-13)18-8-9-19(27-26-18)28-11-14-2-5-15(22)10-17(14)23/h2-10H,11H2,1H3. The second-order valence-corrected chi connectivity index (χ2v) is 9.06. The lowest BCUT2D eigenvalue weighted by Gasteiger charge is -2.04. The van der Waals surface area contributed by atoms with Gasteiger partial charge in [0, 0.05) is 21.4 Å². The molecule has 0 amide bonds. The lowest BCUT2D eigenvalue weighted by molar-refractivity contribution is 0.628. The number of hydrogen-bond acceptors (Lipinski definition) is 5. The van der Waals surface area contributed by atoms with Gasteiger partial charge in [0.15, 0.2) is 0 Å². The van der Waals surface area contributed by atoms with Crippen molar-refractivity contribution in [2.45, 2.75) is 17.7 Å². The van der Waals surface area contributed by atoms with Gasteiger partial charge in [-0.3, -0.25) is 0 Å². The van der Waals surface area contributed by atoms with Crippen LogP contribution in [0.4, 0.5) is 4.39 Å². The number of thioether (sulfide) groups is 1. The fraction of sp³-hybridized carbons (Fsp3) is 0.0952. The third-order valence-corrected chi connectivity index (χ3v) is 6.94. The molecule has 2 heterocycles. The Morgan fingerprint density at radius 3 is 2.48 bits per heavy atom. The van der Waals surface area contributed by atoms with Crippen molar-refractivity contribution in [1.29, 1.82) is 0 Å². The van der Waals surface area contributed by atoms with Crippen LogP contribution in [0, 0.1) is 12.7 Å². The molecule has 0 unspecified atom stereocenters. The lowest BCUT2D eigenvalue weighted by Crippen LogP contribution is -1.90. The van der Waals surface area contributed by atoms with E-state index in [0.717, 1.165) is 37.4 Å². The fourth-order valence-corrected chi connectivity index (χ4v) is 5.07. The Labute approximate surface area is 185 Å². The molecule has 0 aliphatic carbocycles. The molecular formula is C21H14Cl2FN3S2. The summed E-state index contributed by atoms with van der Waals surface area (Å²) in [4.78, 5) is 5.55. The highest BCUT2D eigenvalue weighted by Gasteiger charge is 2.13. The Bertz CT molecular complexity index is 1150. The molecule has 0 spiro atoms. The van der Waals surface area contributed by atoms with Gasteiger partial charge in [0.1, 0.15) is 21.5 Å². The molecule has 0 atom stereocenters. The Balaban J connectivity index is 1.50. The van der Waals surface area contributed by atoms with Crippen molar-refractivity contribution in [3.63, 3.8) is 0 Å². The van der Waals surface area contributed by atoms with Crippen LogP contribution >= 0.6 is 46.3 Å². The van der Waals surface area contributed by atoms with E-state index in [9.17, 15) is 4.39 Å². The zero-order chi connectivity index (χ0) is 20.4. The topological polar surface area (TPSA) is 38.7 Å². The number of halogens is 3. The molecule has 4 aromatic rings. The summed E-state index contributed by atoms with van der Waals surface area (Å²) >= 11 is 15.2. The van der Waals surface area contributed by atoms with Gasteiger partial charge in [-0.15, -0.1) is 21.5 Å². The van der Waals surface area contributed by atoms with Crippen molar-refractivity contribution in [2.24, 2.45) is 0 Å². The van der Waals surface area contributed by atoms with E-state index in [4.69, 9.17) is 23.2 Å². The average molecular weight is 462 g/mol. The molecule has 0 aliphatic rings. The van der Waals surface area contributed by atoms with Gasteiger partial charge < -0.3 is 0 Å². The Morgan fingerprint density at radius 2 is 1.79 bits per heavy atom. The minimum atomic E-state index is -0.263. The summed E-state index contributed by atoms with van der Waals surface area (Å²) in [5, 5.41) is 11.6. The predicted octanol–water partition coefficient (Wildman–Crippen LogP) is 7.31. The lowest BCUT2D eigenvalue weighted by atomic mass is 10.2. The molecule has 0 N–H and O–H groups in total. The van der Waals surface area contributed by atoms with E-state index in [1.807, 2.05) is 31.2 Å². The molecule has 2 aromatic carbocycles. The third kappa shape index (κ3) is 4.78. The molecule has 0 saturated carbocycles. The van der Waals surface area contributed by atoms with E-state index in [1.54, 1.807) is 30.0 Å². The second kappa shape index (κ2) is 8.79. The molecule has 0 saturated heterocycles. The van der Waals surface area contributed by atoms with E-state index in [0.29, 0.717) is 15.8 Å². The average Bonchev–Trinajstić information content (AvgIpc) is 3.10. The number of rotatable bonds is 5. The quantitative estimate of drug-likeness (QED) is 0.292. The Hall–Kier alpha value is -1.99. The van der Waals surface area contributed by atoms with Crippen molar-refractivity contribution >= 4 is 46.3 Å². The summed E-state index contributed by atoms with van der Waals surface area (Å²) in [5.41, 5.74) is 3.51. The van der Waals surface area contributed by atoms with Crippen molar-refractivity contribution < 1.29 is 4.39 Å². The summed E-state index contributed by atoms with van der Waals surface area (Å²) in [6.07, 6.45) is 0. The third-order valence-electron chi connectivity index (χ3n) is 4.15. The minimum Gasteiger partial charge on any atom is -0.241 e. The molecule has 3 nitrogen and oxygen atoms in total. The Kier molecular flexibility index (Phi) is 6.15. The van der Waals surface area contributed by atoms with Crippen LogP contribution in [0.2, 0.25) is 10.0 Å². The maximum atomic E-state index is 13.2. The van der Waals surface area contributed by atoms with E-state index >= 15 is 0 Å². The molecule has 2 aromatic heterocycles. The van der Waals surface area contributed by atoms with Crippen LogP contribution in [0.3, 0.4) is 0 Å². The molecule has 8 heteroatoms. The van der Waals surface area contributed by atoms with E-state index in [1.165, 1.54) is 23.5 Å². The first-order valence-electron chi connectivity index (χ1n) is 8.64. The summed E-state index contributed by atoms with van der Waals surface area (Å²) < 4.78 is 13.2. The fourth-order valence-electron chi connectivity index (χ4n) is 2.66. The zero-order valence-corrected chi connectivity index (χ0v) is 18.3. The highest BCUT2D eigenvalue weighted by molar-refractivity contribution is 7.98. The highest BCUT2D eigenvalue weighted by Crippen LogP contribution is 2.35. The van der Waals surface area contributed by atoms with Gasteiger partial charge in [0.05, 0.1) is 10.6 Å². The van der Waals surface area contributed by atoms with Gasteiger partial charge in [-0.2, -0.15) is 0 Å². The maximum absolute atomic E-state index is 13.2. The van der Waals surface area contributed by atoms with Crippen molar-refractivity contribution in [2.75, 3.05) is 0 Å². The molecule has 29 heavy (non-hydrogen) atoms. The second-order valence-electron chi connectivity index (χ2n) is 6.22. The van der Waals surface area contributed by atoms with Crippen molar-refractivity contribution in [3.8, 4) is 21.1 Å². The largest absolute Gasteiger partial charge is 0.241 e. The minimum absolute atomic E-state index is 0.263.